The molecule has 1 nitrogen and oxygen atoms in total. The zero-order chi connectivity index (χ0) is 18.8. The van der Waals surface area contributed by atoms with E-state index in [2.05, 4.69) is 12.7 Å². The molecule has 2 aliphatic rings. The van der Waals surface area contributed by atoms with E-state index in [4.69, 9.17) is 4.80 Å². The van der Waals surface area contributed by atoms with E-state index >= 15 is 0 Å². The van der Waals surface area contributed by atoms with Crippen LogP contribution in [0.15, 0.2) is 91.6 Å². The van der Waals surface area contributed by atoms with Crippen molar-refractivity contribution < 1.29 is 31.0 Å². The Balaban J connectivity index is 0. The quantitative estimate of drug-likeness (QED) is 0.333. The molecule has 0 aliphatic heterocycles. The van der Waals surface area contributed by atoms with E-state index in [1.165, 1.54) is 5.56 Å². The Kier molecular flexibility index (Phi) is 19.2. The Bertz CT molecular complexity index is 542. The van der Waals surface area contributed by atoms with Gasteiger partial charge in [0.15, 0.2) is 8.32 Å². The molecule has 0 atom stereocenters. The number of allylic oxidation sites excluding steroid dienone is 10. The van der Waals surface area contributed by atoms with E-state index in [1.807, 2.05) is 117 Å². The predicted octanol–water partition coefficient (Wildman–Crippen LogP) is 6.13. The van der Waals surface area contributed by atoms with Crippen molar-refractivity contribution in [1.82, 2.24) is 0 Å². The van der Waals surface area contributed by atoms with Crippen LogP contribution in [0.5, 0.6) is 0 Å². The van der Waals surface area contributed by atoms with Gasteiger partial charge in [-0.2, -0.15) is 6.58 Å². The van der Waals surface area contributed by atoms with Crippen LogP contribution < -0.4 is 0 Å². The Morgan fingerprint density at radius 3 is 1.46 bits per heavy atom. The van der Waals surface area contributed by atoms with Crippen molar-refractivity contribution in [3.63, 3.8) is 0 Å². The van der Waals surface area contributed by atoms with Gasteiger partial charge in [0.1, 0.15) is 0 Å². The monoisotopic (exact) mass is 439 g/mol. The van der Waals surface area contributed by atoms with Gasteiger partial charge >= 0.3 is 0 Å². The third-order valence-electron chi connectivity index (χ3n) is 2.30. The second-order valence-corrected chi connectivity index (χ2v) is 10.4. The van der Waals surface area contributed by atoms with Crippen molar-refractivity contribution in [2.24, 2.45) is 0 Å². The molecule has 0 unspecified atom stereocenters. The van der Waals surface area contributed by atoms with E-state index < -0.39 is 8.32 Å². The summed E-state index contributed by atoms with van der Waals surface area (Å²) in [5.74, 6) is 0. The van der Waals surface area contributed by atoms with Crippen LogP contribution in [0, 0.1) is 18.9 Å². The van der Waals surface area contributed by atoms with Crippen LogP contribution in [0.1, 0.15) is 5.56 Å². The van der Waals surface area contributed by atoms with Crippen molar-refractivity contribution in [2.75, 3.05) is 0 Å². The maximum absolute atomic E-state index is 8.66. The van der Waals surface area contributed by atoms with Crippen LogP contribution >= 0.6 is 0 Å². The molecule has 0 saturated heterocycles. The number of hydrogen-bond acceptors (Lipinski definition) is 1. The van der Waals surface area contributed by atoms with Gasteiger partial charge in [-0.05, 0) is 19.6 Å². The largest absolute Gasteiger partial charge is 0.433 e. The summed E-state index contributed by atoms with van der Waals surface area (Å²) in [6.07, 6.45) is 26.5. The Labute approximate surface area is 180 Å². The van der Waals surface area contributed by atoms with E-state index in [1.54, 1.807) is 6.08 Å². The molecule has 0 saturated carbocycles. The molecule has 0 amide bonds. The Morgan fingerprint density at radius 2 is 1.19 bits per heavy atom. The molecule has 1 N–H and O–H groups in total. The summed E-state index contributed by atoms with van der Waals surface area (Å²) in [5, 5.41) is 0. The summed E-state index contributed by atoms with van der Waals surface area (Å²) in [7, 11) is -1.61. The van der Waals surface area contributed by atoms with Gasteiger partial charge < -0.3 is 4.80 Å². The molecule has 0 aromatic heterocycles. The van der Waals surface area contributed by atoms with Crippen molar-refractivity contribution >= 4 is 14.4 Å². The first-order valence-corrected chi connectivity index (χ1v) is 11.7. The molecule has 26 heavy (non-hydrogen) atoms. The molecule has 0 fully saturated rings. The summed E-state index contributed by atoms with van der Waals surface area (Å²) in [6, 6.07) is 10.1. The molecular formula is C23H29OSiZr-. The fourth-order valence-corrected chi connectivity index (χ4v) is 1.36. The zero-order valence-electron chi connectivity index (χ0n) is 16.0. The molecule has 136 valence electrons. The van der Waals surface area contributed by atoms with E-state index in [0.717, 1.165) is 0 Å². The van der Waals surface area contributed by atoms with Gasteiger partial charge in [0.2, 0.25) is 0 Å². The fourth-order valence-electron chi connectivity index (χ4n) is 1.36. The molecule has 1 aromatic carbocycles. The van der Waals surface area contributed by atoms with Gasteiger partial charge in [-0.25, -0.2) is 12.2 Å². The van der Waals surface area contributed by atoms with Gasteiger partial charge in [-0.3, -0.25) is 6.08 Å². The van der Waals surface area contributed by atoms with Crippen molar-refractivity contribution in [3.05, 3.63) is 116 Å². The maximum Gasteiger partial charge on any atom is 0.179 e. The first-order chi connectivity index (χ1) is 11.9. The van der Waals surface area contributed by atoms with E-state index in [-0.39, 0.29) is 26.2 Å². The molecule has 0 bridgehead atoms. The average Bonchev–Trinajstić information content (AvgIpc) is 3.30. The van der Waals surface area contributed by atoms with Crippen molar-refractivity contribution in [2.45, 2.75) is 19.6 Å². The third-order valence-corrected chi connectivity index (χ3v) is 2.30. The van der Waals surface area contributed by atoms with Gasteiger partial charge in [-0.15, -0.1) is 5.56 Å². The molecule has 2 aliphatic carbocycles. The number of benzene rings is 1. The van der Waals surface area contributed by atoms with Crippen LogP contribution in [-0.4, -0.2) is 13.1 Å². The van der Waals surface area contributed by atoms with Gasteiger partial charge in [-0.1, -0.05) is 78.9 Å². The number of rotatable bonds is 2. The summed E-state index contributed by atoms with van der Waals surface area (Å²) in [5.41, 5.74) is 1.18. The third kappa shape index (κ3) is 25.0. The zero-order valence-corrected chi connectivity index (χ0v) is 19.4. The Hall–Kier alpha value is -1.28. The summed E-state index contributed by atoms with van der Waals surface area (Å²) in [6.45, 7) is 9.11. The molecule has 0 heterocycles. The second kappa shape index (κ2) is 18.5. The van der Waals surface area contributed by atoms with Crippen LogP contribution in [0.2, 0.25) is 19.6 Å². The summed E-state index contributed by atoms with van der Waals surface area (Å²) >= 11 is 0. The smallest absolute Gasteiger partial charge is 0.179 e. The minimum atomic E-state index is -1.61. The molecule has 0 spiro atoms. The standard InChI is InChI=1S/C10H9.2C5H5.C3H10OSi.Zr/c1-2-3-7-10-8-5-4-6-9-10;2*1-2-4-5-3-1;1-5(2,3)4;/h3-9H,1H2;2*1-5H;4H,1-3H3;/q-1;;;;/b7-3+;;;;. The SMILES string of the molecule is C=[C-]/C=C/c1ccccc1.C[Si](C)(C)O.[CH]1C=CC=C1.[CH]1C=CC=C1.[Zr]. The van der Waals surface area contributed by atoms with E-state index in [9.17, 15) is 0 Å². The first kappa shape index (κ1) is 26.9. The number of hydrogen-bond donors (Lipinski definition) is 1. The van der Waals surface area contributed by atoms with Crippen molar-refractivity contribution in [1.29, 1.82) is 0 Å². The van der Waals surface area contributed by atoms with Crippen LogP contribution in [0.3, 0.4) is 0 Å². The molecule has 3 rings (SSSR count). The van der Waals surface area contributed by atoms with Gasteiger partial charge in [0.25, 0.3) is 0 Å². The summed E-state index contributed by atoms with van der Waals surface area (Å²) in [4.78, 5) is 8.66. The normalized spacial score (nSPS) is 12.9. The van der Waals surface area contributed by atoms with Gasteiger partial charge in [0.05, 0.1) is 0 Å². The van der Waals surface area contributed by atoms with Crippen LogP contribution in [0.25, 0.3) is 6.08 Å². The summed E-state index contributed by atoms with van der Waals surface area (Å²) < 4.78 is 0. The molecule has 1 aromatic rings. The van der Waals surface area contributed by atoms with Crippen LogP contribution in [0.4, 0.5) is 0 Å². The molecule has 2 radical (unpaired) electrons. The minimum absolute atomic E-state index is 0. The van der Waals surface area contributed by atoms with E-state index in [0.29, 0.717) is 0 Å². The molecular weight excluding hydrogens is 412 g/mol. The second-order valence-electron chi connectivity index (χ2n) is 6.04. The fraction of sp³-hybridized carbons (Fsp3) is 0.130. The topological polar surface area (TPSA) is 20.2 Å². The maximum atomic E-state index is 8.66. The predicted molar refractivity (Wildman–Crippen MR) is 115 cm³/mol. The Morgan fingerprint density at radius 1 is 0.808 bits per heavy atom. The van der Waals surface area contributed by atoms with Crippen molar-refractivity contribution in [3.8, 4) is 0 Å². The average molecular weight is 441 g/mol. The molecule has 3 heteroatoms. The van der Waals surface area contributed by atoms with Gasteiger partial charge in [0, 0.05) is 39.0 Å². The van der Waals surface area contributed by atoms with Crippen LogP contribution in [-0.2, 0) is 26.2 Å². The first-order valence-electron chi connectivity index (χ1n) is 8.23. The minimum Gasteiger partial charge on any atom is -0.433 e.